The Kier molecular flexibility index (Phi) is 7.86. The third-order valence-electron chi connectivity index (χ3n) is 4.97. The van der Waals surface area contributed by atoms with Crippen molar-refractivity contribution in [3.63, 3.8) is 0 Å². The van der Waals surface area contributed by atoms with Crippen molar-refractivity contribution in [3.8, 4) is 0 Å². The first-order valence-corrected chi connectivity index (χ1v) is 9.55. The minimum absolute atomic E-state index is 0.0421. The molecule has 2 rings (SSSR count). The van der Waals surface area contributed by atoms with E-state index in [1.54, 1.807) is 16.7 Å². The van der Waals surface area contributed by atoms with Crippen LogP contribution in [0.3, 0.4) is 0 Å². The van der Waals surface area contributed by atoms with Gasteiger partial charge in [-0.1, -0.05) is 30.3 Å². The van der Waals surface area contributed by atoms with E-state index in [4.69, 9.17) is 0 Å². The molecule has 1 atom stereocenters. The lowest BCUT2D eigenvalue weighted by molar-refractivity contribution is -0.144. The highest BCUT2D eigenvalue weighted by atomic mass is 19.4. The van der Waals surface area contributed by atoms with Crippen LogP contribution < -0.4 is 0 Å². The molecule has 8 heteroatoms. The molecule has 1 saturated heterocycles. The van der Waals surface area contributed by atoms with Crippen LogP contribution in [-0.2, 0) is 16.0 Å². The summed E-state index contributed by atoms with van der Waals surface area (Å²) in [6.07, 6.45) is -3.36. The number of benzene rings is 1. The number of carbonyl (C=O) groups excluding carboxylic acids is 2. The molecule has 0 bridgehead atoms. The first-order chi connectivity index (χ1) is 13.2. The molecule has 0 aromatic heterocycles. The number of likely N-dealkylation sites (N-methyl/N-ethyl adjacent to an activating group) is 2. The summed E-state index contributed by atoms with van der Waals surface area (Å²) in [4.78, 5) is 29.4. The van der Waals surface area contributed by atoms with Crippen LogP contribution in [0.5, 0.6) is 0 Å². The predicted molar refractivity (Wildman–Crippen MR) is 101 cm³/mol. The summed E-state index contributed by atoms with van der Waals surface area (Å²) in [7, 11) is 1.39. The molecule has 0 unspecified atom stereocenters. The Balaban J connectivity index is 1.84. The SMILES string of the molecule is CCN(CCN(C)CC(F)(F)F)C(=O)[C@H]1CC(=O)N(CCc2ccccc2)C1. The zero-order valence-electron chi connectivity index (χ0n) is 16.4. The van der Waals surface area contributed by atoms with Crippen molar-refractivity contribution < 1.29 is 22.8 Å². The van der Waals surface area contributed by atoms with Crippen LogP contribution in [-0.4, -0.2) is 79.0 Å². The zero-order valence-corrected chi connectivity index (χ0v) is 16.4. The van der Waals surface area contributed by atoms with Crippen molar-refractivity contribution in [2.75, 3.05) is 46.3 Å². The van der Waals surface area contributed by atoms with Gasteiger partial charge in [0.15, 0.2) is 0 Å². The Morgan fingerprint density at radius 2 is 1.89 bits per heavy atom. The molecule has 1 heterocycles. The van der Waals surface area contributed by atoms with Gasteiger partial charge < -0.3 is 9.80 Å². The fourth-order valence-corrected chi connectivity index (χ4v) is 3.42. The number of nitrogens with zero attached hydrogens (tertiary/aromatic N) is 3. The normalized spacial score (nSPS) is 17.4. The van der Waals surface area contributed by atoms with Gasteiger partial charge in [-0.15, -0.1) is 0 Å². The molecule has 1 aliphatic heterocycles. The summed E-state index contributed by atoms with van der Waals surface area (Å²) in [5.41, 5.74) is 1.13. The van der Waals surface area contributed by atoms with E-state index in [0.29, 0.717) is 19.6 Å². The van der Waals surface area contributed by atoms with Gasteiger partial charge >= 0.3 is 6.18 Å². The molecule has 0 N–H and O–H groups in total. The van der Waals surface area contributed by atoms with Crippen LogP contribution in [0.2, 0.25) is 0 Å². The second-order valence-electron chi connectivity index (χ2n) is 7.25. The Morgan fingerprint density at radius 1 is 1.21 bits per heavy atom. The molecule has 2 amide bonds. The van der Waals surface area contributed by atoms with Crippen LogP contribution in [0.15, 0.2) is 30.3 Å². The van der Waals surface area contributed by atoms with Crippen LogP contribution in [0.25, 0.3) is 0 Å². The minimum atomic E-state index is -4.26. The molecule has 1 aliphatic rings. The highest BCUT2D eigenvalue weighted by Crippen LogP contribution is 2.21. The fourth-order valence-electron chi connectivity index (χ4n) is 3.42. The van der Waals surface area contributed by atoms with Crippen LogP contribution in [0.1, 0.15) is 18.9 Å². The average Bonchev–Trinajstić information content (AvgIpc) is 3.00. The predicted octanol–water partition coefficient (Wildman–Crippen LogP) is 2.42. The summed E-state index contributed by atoms with van der Waals surface area (Å²) < 4.78 is 37.3. The van der Waals surface area contributed by atoms with Gasteiger partial charge in [-0.2, -0.15) is 13.2 Å². The van der Waals surface area contributed by atoms with Crippen LogP contribution in [0, 0.1) is 5.92 Å². The Morgan fingerprint density at radius 3 is 2.50 bits per heavy atom. The quantitative estimate of drug-likeness (QED) is 0.641. The van der Waals surface area contributed by atoms with Crippen molar-refractivity contribution >= 4 is 11.8 Å². The van der Waals surface area contributed by atoms with Crippen molar-refractivity contribution in [2.24, 2.45) is 5.92 Å². The van der Waals surface area contributed by atoms with E-state index in [-0.39, 0.29) is 31.3 Å². The maximum atomic E-state index is 12.7. The number of carbonyl (C=O) groups is 2. The molecule has 28 heavy (non-hydrogen) atoms. The average molecular weight is 399 g/mol. The van der Waals surface area contributed by atoms with Gasteiger partial charge in [-0.05, 0) is 26.0 Å². The molecule has 0 spiro atoms. The largest absolute Gasteiger partial charge is 0.401 e. The molecule has 0 saturated carbocycles. The highest BCUT2D eigenvalue weighted by Gasteiger charge is 2.36. The molecular formula is C20H28F3N3O2. The number of rotatable bonds is 9. The van der Waals surface area contributed by atoms with Crippen LogP contribution in [0.4, 0.5) is 13.2 Å². The van der Waals surface area contributed by atoms with E-state index in [9.17, 15) is 22.8 Å². The number of halogens is 3. The fraction of sp³-hybridized carbons (Fsp3) is 0.600. The van der Waals surface area contributed by atoms with Gasteiger partial charge in [-0.3, -0.25) is 14.5 Å². The van der Waals surface area contributed by atoms with Crippen molar-refractivity contribution in [3.05, 3.63) is 35.9 Å². The van der Waals surface area contributed by atoms with Gasteiger partial charge in [0.1, 0.15) is 0 Å². The minimum Gasteiger partial charge on any atom is -0.342 e. The van der Waals surface area contributed by atoms with Gasteiger partial charge in [-0.25, -0.2) is 0 Å². The van der Waals surface area contributed by atoms with Crippen LogP contribution >= 0.6 is 0 Å². The molecule has 1 fully saturated rings. The first-order valence-electron chi connectivity index (χ1n) is 9.55. The van der Waals surface area contributed by atoms with Gasteiger partial charge in [0.05, 0.1) is 12.5 Å². The van der Waals surface area contributed by atoms with Crippen molar-refractivity contribution in [1.29, 1.82) is 0 Å². The summed E-state index contributed by atoms with van der Waals surface area (Å²) in [6, 6.07) is 9.83. The number of hydrogen-bond donors (Lipinski definition) is 0. The number of likely N-dealkylation sites (tertiary alicyclic amines) is 1. The third-order valence-corrected chi connectivity index (χ3v) is 4.97. The smallest absolute Gasteiger partial charge is 0.342 e. The third kappa shape index (κ3) is 6.82. The number of alkyl halides is 3. The van der Waals surface area contributed by atoms with E-state index < -0.39 is 18.6 Å². The number of amides is 2. The molecule has 5 nitrogen and oxygen atoms in total. The van der Waals surface area contributed by atoms with E-state index in [1.807, 2.05) is 30.3 Å². The molecular weight excluding hydrogens is 371 g/mol. The van der Waals surface area contributed by atoms with Gasteiger partial charge in [0, 0.05) is 39.1 Å². The molecule has 1 aromatic rings. The number of hydrogen-bond acceptors (Lipinski definition) is 3. The second kappa shape index (κ2) is 9.91. The first kappa shape index (κ1) is 22.2. The summed E-state index contributed by atoms with van der Waals surface area (Å²) in [5.74, 6) is -0.617. The lowest BCUT2D eigenvalue weighted by atomic mass is 10.1. The topological polar surface area (TPSA) is 43.9 Å². The monoisotopic (exact) mass is 399 g/mol. The van der Waals surface area contributed by atoms with Crippen molar-refractivity contribution in [2.45, 2.75) is 25.9 Å². The molecule has 0 aliphatic carbocycles. The summed E-state index contributed by atoms with van der Waals surface area (Å²) >= 11 is 0. The Bertz CT molecular complexity index is 652. The van der Waals surface area contributed by atoms with E-state index in [0.717, 1.165) is 16.9 Å². The Hall–Kier alpha value is -2.09. The van der Waals surface area contributed by atoms with E-state index >= 15 is 0 Å². The van der Waals surface area contributed by atoms with E-state index in [2.05, 4.69) is 0 Å². The van der Waals surface area contributed by atoms with E-state index in [1.165, 1.54) is 7.05 Å². The molecule has 0 radical (unpaired) electrons. The lowest BCUT2D eigenvalue weighted by Crippen LogP contribution is -2.43. The van der Waals surface area contributed by atoms with Crippen molar-refractivity contribution in [1.82, 2.24) is 14.7 Å². The zero-order chi connectivity index (χ0) is 20.7. The lowest BCUT2D eigenvalue weighted by Gasteiger charge is -2.27. The maximum absolute atomic E-state index is 12.7. The molecule has 1 aromatic carbocycles. The highest BCUT2D eigenvalue weighted by molar-refractivity contribution is 5.89. The second-order valence-corrected chi connectivity index (χ2v) is 7.25. The van der Waals surface area contributed by atoms with Gasteiger partial charge in [0.25, 0.3) is 0 Å². The summed E-state index contributed by atoms with van der Waals surface area (Å²) in [5, 5.41) is 0. The molecule has 156 valence electrons. The van der Waals surface area contributed by atoms with Gasteiger partial charge in [0.2, 0.25) is 11.8 Å². The Labute approximate surface area is 164 Å². The standard InChI is InChI=1S/C20H28F3N3O2/c1-3-25(12-11-24(2)15-20(21,22)23)19(28)17-13-18(27)26(14-17)10-9-16-7-5-4-6-8-16/h4-8,17H,3,9-15H2,1-2H3/t17-/m0/s1. The maximum Gasteiger partial charge on any atom is 0.401 e. The summed E-state index contributed by atoms with van der Waals surface area (Å²) in [6.45, 7) is 2.49.